The van der Waals surface area contributed by atoms with Crippen LogP contribution in [0, 0.1) is 0 Å². The standard InChI is InChI=1S/C47H33NOS/c1-47(2)40-29-33(23-28-38(40)46-44(47)39-14-7-9-18-43(39)50-46)32-21-26-35(27-22-32)48(34-24-19-31(20-25-34)30-11-4-3-5-12-30)41-16-10-15-37-36-13-6-8-17-42(36)49-45(37)41/h3-29H,1-2H3. The van der Waals surface area contributed by atoms with Crippen molar-refractivity contribution in [1.29, 1.82) is 0 Å². The second kappa shape index (κ2) is 11.1. The minimum absolute atomic E-state index is 0.0613. The molecule has 3 heteroatoms. The number of nitrogens with zero attached hydrogens (tertiary/aromatic N) is 1. The van der Waals surface area contributed by atoms with Gasteiger partial charge in [0, 0.05) is 37.1 Å². The van der Waals surface area contributed by atoms with Crippen LogP contribution in [0.25, 0.3) is 64.7 Å². The molecule has 0 bridgehead atoms. The van der Waals surface area contributed by atoms with Gasteiger partial charge in [-0.15, -0.1) is 11.3 Å². The molecule has 1 aliphatic rings. The van der Waals surface area contributed by atoms with E-state index in [1.165, 1.54) is 53.9 Å². The molecular weight excluding hydrogens is 627 g/mol. The minimum Gasteiger partial charge on any atom is -0.454 e. The number of hydrogen-bond donors (Lipinski definition) is 0. The molecule has 0 aliphatic heterocycles. The molecule has 1 aliphatic carbocycles. The number of furan rings is 1. The molecule has 2 heterocycles. The topological polar surface area (TPSA) is 16.4 Å². The summed E-state index contributed by atoms with van der Waals surface area (Å²) in [6.45, 7) is 4.76. The van der Waals surface area contributed by atoms with Crippen LogP contribution in [0.3, 0.4) is 0 Å². The summed E-state index contributed by atoms with van der Waals surface area (Å²) < 4.78 is 7.93. The lowest BCUT2D eigenvalue weighted by Crippen LogP contribution is -2.15. The van der Waals surface area contributed by atoms with Gasteiger partial charge < -0.3 is 9.32 Å². The third kappa shape index (κ3) is 4.40. The van der Waals surface area contributed by atoms with E-state index < -0.39 is 0 Å². The van der Waals surface area contributed by atoms with E-state index in [1.807, 2.05) is 23.5 Å². The Kier molecular flexibility index (Phi) is 6.43. The van der Waals surface area contributed by atoms with Crippen molar-refractivity contribution in [1.82, 2.24) is 0 Å². The third-order valence-corrected chi connectivity index (χ3v) is 11.7. The molecule has 238 valence electrons. The van der Waals surface area contributed by atoms with Gasteiger partial charge in [-0.1, -0.05) is 129 Å². The van der Waals surface area contributed by atoms with Crippen LogP contribution in [-0.4, -0.2) is 0 Å². The Bertz CT molecular complexity index is 2710. The van der Waals surface area contributed by atoms with Crippen LogP contribution in [-0.2, 0) is 5.41 Å². The van der Waals surface area contributed by atoms with E-state index in [1.54, 1.807) is 0 Å². The fourth-order valence-electron chi connectivity index (χ4n) is 8.00. The largest absolute Gasteiger partial charge is 0.454 e. The highest BCUT2D eigenvalue weighted by Crippen LogP contribution is 2.56. The normalized spacial score (nSPS) is 13.2. The van der Waals surface area contributed by atoms with Crippen LogP contribution < -0.4 is 4.90 Å². The fourth-order valence-corrected chi connectivity index (χ4v) is 9.40. The molecule has 0 N–H and O–H groups in total. The summed E-state index contributed by atoms with van der Waals surface area (Å²) in [5.74, 6) is 0. The molecule has 9 aromatic rings. The van der Waals surface area contributed by atoms with E-state index in [4.69, 9.17) is 4.42 Å². The summed E-state index contributed by atoms with van der Waals surface area (Å²) in [5.41, 5.74) is 13.9. The first-order chi connectivity index (χ1) is 24.5. The highest BCUT2D eigenvalue weighted by Gasteiger charge is 2.38. The minimum atomic E-state index is -0.0613. The predicted molar refractivity (Wildman–Crippen MR) is 212 cm³/mol. The number of hydrogen-bond acceptors (Lipinski definition) is 3. The summed E-state index contributed by atoms with van der Waals surface area (Å²) in [4.78, 5) is 3.74. The van der Waals surface area contributed by atoms with Crippen LogP contribution in [0.4, 0.5) is 17.1 Å². The van der Waals surface area contributed by atoms with Crippen molar-refractivity contribution in [3.63, 3.8) is 0 Å². The maximum atomic E-state index is 6.56. The summed E-state index contributed by atoms with van der Waals surface area (Å²) in [5, 5.41) is 3.62. The molecule has 0 saturated carbocycles. The van der Waals surface area contributed by atoms with E-state index in [0.717, 1.165) is 39.0 Å². The number of para-hydroxylation sites is 2. The molecule has 0 fully saturated rings. The van der Waals surface area contributed by atoms with Gasteiger partial charge in [-0.25, -0.2) is 0 Å². The van der Waals surface area contributed by atoms with Crippen molar-refractivity contribution < 1.29 is 4.42 Å². The average molecular weight is 660 g/mol. The van der Waals surface area contributed by atoms with Gasteiger partial charge in [0.25, 0.3) is 0 Å². The highest BCUT2D eigenvalue weighted by atomic mass is 32.1. The Balaban J connectivity index is 1.07. The SMILES string of the molecule is CC1(C)c2cc(-c3ccc(N(c4ccc(-c5ccccc5)cc4)c4cccc5c4oc4ccccc45)cc3)ccc2-c2sc3ccccc3c21. The first-order valence-corrected chi connectivity index (χ1v) is 18.0. The molecule has 0 atom stereocenters. The van der Waals surface area contributed by atoms with Crippen LogP contribution in [0.2, 0.25) is 0 Å². The summed E-state index contributed by atoms with van der Waals surface area (Å²) >= 11 is 1.92. The van der Waals surface area contributed by atoms with Gasteiger partial charge in [0.05, 0.1) is 5.69 Å². The number of rotatable bonds is 5. The molecule has 0 unspecified atom stereocenters. The molecule has 2 nitrogen and oxygen atoms in total. The van der Waals surface area contributed by atoms with Crippen molar-refractivity contribution in [2.75, 3.05) is 4.90 Å². The quantitative estimate of drug-likeness (QED) is 0.183. The maximum Gasteiger partial charge on any atom is 0.159 e. The Morgan fingerprint density at radius 1 is 0.520 bits per heavy atom. The Labute approximate surface area is 295 Å². The first kappa shape index (κ1) is 29.1. The Morgan fingerprint density at radius 3 is 1.88 bits per heavy atom. The second-order valence-electron chi connectivity index (χ2n) is 13.7. The van der Waals surface area contributed by atoms with E-state index in [9.17, 15) is 0 Å². The molecule has 0 radical (unpaired) electrons. The van der Waals surface area contributed by atoms with Crippen molar-refractivity contribution in [2.24, 2.45) is 0 Å². The molecular formula is C47H33NOS. The summed E-state index contributed by atoms with van der Waals surface area (Å²) in [6.07, 6.45) is 0. The van der Waals surface area contributed by atoms with Crippen LogP contribution >= 0.6 is 11.3 Å². The first-order valence-electron chi connectivity index (χ1n) is 17.2. The van der Waals surface area contributed by atoms with Gasteiger partial charge in [0.2, 0.25) is 0 Å². The lowest BCUT2D eigenvalue weighted by molar-refractivity contribution is 0.667. The fraction of sp³-hybridized carbons (Fsp3) is 0.0638. The number of benzene rings is 7. The molecule has 50 heavy (non-hydrogen) atoms. The van der Waals surface area contributed by atoms with E-state index in [2.05, 4.69) is 170 Å². The summed E-state index contributed by atoms with van der Waals surface area (Å²) in [7, 11) is 0. The molecule has 2 aromatic heterocycles. The smallest absolute Gasteiger partial charge is 0.159 e. The predicted octanol–water partition coefficient (Wildman–Crippen LogP) is 13.9. The Hall–Kier alpha value is -5.90. The van der Waals surface area contributed by atoms with E-state index in [0.29, 0.717) is 0 Å². The van der Waals surface area contributed by atoms with Gasteiger partial charge in [0.15, 0.2) is 5.58 Å². The summed E-state index contributed by atoms with van der Waals surface area (Å²) in [6, 6.07) is 59.0. The number of fused-ring (bicyclic) bond motifs is 8. The van der Waals surface area contributed by atoms with Crippen molar-refractivity contribution in [2.45, 2.75) is 19.3 Å². The molecule has 10 rings (SSSR count). The molecule has 0 spiro atoms. The molecule has 7 aromatic carbocycles. The number of anilines is 3. The van der Waals surface area contributed by atoms with Crippen LogP contribution in [0.15, 0.2) is 168 Å². The second-order valence-corrected chi connectivity index (χ2v) is 14.8. The lowest BCUT2D eigenvalue weighted by Gasteiger charge is -2.26. The van der Waals surface area contributed by atoms with Gasteiger partial charge >= 0.3 is 0 Å². The number of thiophene rings is 1. The van der Waals surface area contributed by atoms with Crippen LogP contribution in [0.5, 0.6) is 0 Å². The lowest BCUT2D eigenvalue weighted by atomic mass is 9.80. The van der Waals surface area contributed by atoms with Gasteiger partial charge in [-0.2, -0.15) is 0 Å². The van der Waals surface area contributed by atoms with Crippen LogP contribution in [0.1, 0.15) is 25.0 Å². The van der Waals surface area contributed by atoms with E-state index in [-0.39, 0.29) is 5.41 Å². The van der Waals surface area contributed by atoms with Crippen molar-refractivity contribution in [3.05, 3.63) is 175 Å². The highest BCUT2D eigenvalue weighted by molar-refractivity contribution is 7.22. The van der Waals surface area contributed by atoms with Gasteiger partial charge in [-0.05, 0) is 92.9 Å². The Morgan fingerprint density at radius 2 is 1.12 bits per heavy atom. The average Bonchev–Trinajstić information content (AvgIpc) is 3.81. The molecule has 0 saturated heterocycles. The zero-order valence-electron chi connectivity index (χ0n) is 27.9. The van der Waals surface area contributed by atoms with Crippen molar-refractivity contribution in [3.8, 4) is 32.7 Å². The third-order valence-electron chi connectivity index (χ3n) is 10.5. The molecule has 0 amide bonds. The zero-order valence-corrected chi connectivity index (χ0v) is 28.7. The van der Waals surface area contributed by atoms with Crippen molar-refractivity contribution >= 4 is 60.4 Å². The van der Waals surface area contributed by atoms with Gasteiger partial charge in [0.1, 0.15) is 5.58 Å². The van der Waals surface area contributed by atoms with E-state index >= 15 is 0 Å². The zero-order chi connectivity index (χ0) is 33.4. The monoisotopic (exact) mass is 659 g/mol. The van der Waals surface area contributed by atoms with Gasteiger partial charge in [-0.3, -0.25) is 0 Å². The maximum absolute atomic E-state index is 6.56.